The second kappa shape index (κ2) is 12.5. The maximum absolute atomic E-state index is 14.1. The largest absolute Gasteiger partial charge is 0.444 e. The summed E-state index contributed by atoms with van der Waals surface area (Å²) in [7, 11) is -1.35. The minimum atomic E-state index is -4.69. The molecule has 0 saturated heterocycles. The molecule has 2 heterocycles. The van der Waals surface area contributed by atoms with Crippen LogP contribution in [0.25, 0.3) is 22.2 Å². The number of rotatable bonds is 9. The lowest BCUT2D eigenvalue weighted by molar-refractivity contribution is -0.137. The Labute approximate surface area is 250 Å². The highest BCUT2D eigenvalue weighted by molar-refractivity contribution is 6.76. The van der Waals surface area contributed by atoms with Crippen LogP contribution in [0, 0.1) is 11.3 Å². The predicted octanol–water partition coefficient (Wildman–Crippen LogP) is 7.42. The van der Waals surface area contributed by atoms with Gasteiger partial charge in [0.05, 0.1) is 17.8 Å². The molecule has 1 saturated carbocycles. The van der Waals surface area contributed by atoms with Gasteiger partial charge in [-0.3, -0.25) is 0 Å². The number of H-pyrrole nitrogens is 1. The minimum Gasteiger partial charge on any atom is -0.444 e. The van der Waals surface area contributed by atoms with Crippen LogP contribution in [0.15, 0.2) is 30.6 Å². The summed E-state index contributed by atoms with van der Waals surface area (Å²) >= 11 is 0. The fourth-order valence-corrected chi connectivity index (χ4v) is 5.72. The van der Waals surface area contributed by atoms with Gasteiger partial charge in [-0.2, -0.15) is 18.4 Å². The number of amides is 1. The Bertz CT molecular complexity index is 1490. The van der Waals surface area contributed by atoms with Crippen molar-refractivity contribution in [2.45, 2.75) is 95.7 Å². The van der Waals surface area contributed by atoms with Crippen molar-refractivity contribution < 1.29 is 27.4 Å². The van der Waals surface area contributed by atoms with E-state index in [-0.39, 0.29) is 29.3 Å². The number of hydrogen-bond acceptors (Lipinski definition) is 7. The van der Waals surface area contributed by atoms with E-state index in [2.05, 4.69) is 51.3 Å². The molecule has 0 radical (unpaired) electrons. The first-order valence-corrected chi connectivity index (χ1v) is 18.1. The van der Waals surface area contributed by atoms with Crippen molar-refractivity contribution in [2.24, 2.45) is 0 Å². The summed E-state index contributed by atoms with van der Waals surface area (Å²) in [4.78, 5) is 23.7. The third-order valence-electron chi connectivity index (χ3n) is 7.14. The molecule has 13 heteroatoms. The molecular weight excluding hydrogens is 577 g/mol. The highest BCUT2D eigenvalue weighted by atomic mass is 28.3. The molecule has 0 spiro atoms. The normalized spacial score (nSPS) is 18.3. The number of carbonyl (C=O) groups excluding carboxylic acids is 1. The van der Waals surface area contributed by atoms with Crippen molar-refractivity contribution in [3.63, 3.8) is 0 Å². The van der Waals surface area contributed by atoms with E-state index < -0.39 is 37.6 Å². The highest BCUT2D eigenvalue weighted by Gasteiger charge is 2.37. The first-order chi connectivity index (χ1) is 20.0. The Balaban J connectivity index is 1.60. The van der Waals surface area contributed by atoms with Gasteiger partial charge in [0.1, 0.15) is 11.2 Å². The third kappa shape index (κ3) is 8.48. The molecule has 1 fully saturated rings. The van der Waals surface area contributed by atoms with Gasteiger partial charge in [0.15, 0.2) is 6.10 Å². The monoisotopic (exact) mass is 616 g/mol. The number of alkyl carbamates (subject to hydrolysis) is 1. The molecule has 0 bridgehead atoms. The maximum Gasteiger partial charge on any atom is 0.419 e. The molecular formula is C30H39F3N6O3Si. The summed E-state index contributed by atoms with van der Waals surface area (Å²) in [6, 6.07) is 7.59. The molecule has 1 amide bonds. The Kier molecular flexibility index (Phi) is 9.41. The second-order valence-corrected chi connectivity index (χ2v) is 18.7. The van der Waals surface area contributed by atoms with Crippen molar-refractivity contribution in [2.75, 3.05) is 11.9 Å². The number of aromatic amines is 1. The Morgan fingerprint density at radius 1 is 1.21 bits per heavy atom. The fraction of sp³-hybridized carbons (Fsp3) is 0.533. The highest BCUT2D eigenvalue weighted by Crippen LogP contribution is 2.39. The Morgan fingerprint density at radius 2 is 1.93 bits per heavy atom. The summed E-state index contributed by atoms with van der Waals surface area (Å²) in [6.45, 7) is 12.4. The average molecular weight is 617 g/mol. The molecule has 43 heavy (non-hydrogen) atoms. The number of nitrogens with one attached hydrogen (secondary N) is 3. The van der Waals surface area contributed by atoms with E-state index in [1.807, 2.05) is 0 Å². The lowest BCUT2D eigenvalue weighted by Crippen LogP contribution is -2.45. The first-order valence-electron chi connectivity index (χ1n) is 14.4. The van der Waals surface area contributed by atoms with E-state index in [1.165, 1.54) is 6.20 Å². The topological polar surface area (TPSA) is 125 Å². The van der Waals surface area contributed by atoms with Crippen molar-refractivity contribution in [1.82, 2.24) is 20.3 Å². The molecule has 3 atom stereocenters. The summed E-state index contributed by atoms with van der Waals surface area (Å²) in [5, 5.41) is 16.2. The molecule has 2 unspecified atom stereocenters. The zero-order chi connectivity index (χ0) is 31.6. The van der Waals surface area contributed by atoms with Crippen molar-refractivity contribution in [3.8, 4) is 17.3 Å². The van der Waals surface area contributed by atoms with Gasteiger partial charge >= 0.3 is 12.3 Å². The number of nitriles is 1. The summed E-state index contributed by atoms with van der Waals surface area (Å²) in [5.74, 6) is 0.0252. The number of benzene rings is 1. The predicted molar refractivity (Wildman–Crippen MR) is 161 cm³/mol. The van der Waals surface area contributed by atoms with E-state index in [4.69, 9.17) is 9.47 Å². The van der Waals surface area contributed by atoms with Crippen LogP contribution >= 0.6 is 0 Å². The molecule has 3 N–H and O–H groups in total. The molecule has 1 aliphatic carbocycles. The van der Waals surface area contributed by atoms with E-state index in [9.17, 15) is 23.2 Å². The van der Waals surface area contributed by atoms with Crippen molar-refractivity contribution >= 4 is 31.0 Å². The van der Waals surface area contributed by atoms with Gasteiger partial charge in [-0.05, 0) is 57.7 Å². The van der Waals surface area contributed by atoms with E-state index in [0.717, 1.165) is 18.7 Å². The number of anilines is 1. The SMILES string of the molecule is CC(C)(C)OC(=O)NC1CCC[C@@H]1Nc1ncc(C(F)(F)F)c(-c2c[nH]c3cc(C(C#N)OCC[Si](C)(C)C)ccc23)n1. The quantitative estimate of drug-likeness (QED) is 0.214. The number of nitrogens with zero attached hydrogens (tertiary/aromatic N) is 3. The van der Waals surface area contributed by atoms with E-state index >= 15 is 0 Å². The lowest BCUT2D eigenvalue weighted by atomic mass is 10.0. The van der Waals surface area contributed by atoms with E-state index in [1.54, 1.807) is 39.0 Å². The fourth-order valence-electron chi connectivity index (χ4n) is 4.99. The van der Waals surface area contributed by atoms with Crippen LogP contribution < -0.4 is 10.6 Å². The van der Waals surface area contributed by atoms with Crippen LogP contribution in [-0.2, 0) is 15.7 Å². The number of carbonyl (C=O) groups is 1. The number of fused-ring (bicyclic) bond motifs is 1. The maximum atomic E-state index is 14.1. The van der Waals surface area contributed by atoms with Crippen LogP contribution in [0.1, 0.15) is 57.3 Å². The second-order valence-electron chi connectivity index (χ2n) is 13.1. The van der Waals surface area contributed by atoms with Crippen LogP contribution in [0.2, 0.25) is 25.7 Å². The smallest absolute Gasteiger partial charge is 0.419 e. The number of hydrogen-bond donors (Lipinski definition) is 3. The summed E-state index contributed by atoms with van der Waals surface area (Å²) in [5.41, 5.74) is -0.482. The average Bonchev–Trinajstić information content (AvgIpc) is 3.50. The van der Waals surface area contributed by atoms with Gasteiger partial charge in [0.25, 0.3) is 0 Å². The molecule has 1 aliphatic rings. The molecule has 9 nitrogen and oxygen atoms in total. The number of halogens is 3. The van der Waals surface area contributed by atoms with Crippen LogP contribution in [-0.4, -0.2) is 53.4 Å². The van der Waals surface area contributed by atoms with Crippen molar-refractivity contribution in [3.05, 3.63) is 41.7 Å². The van der Waals surface area contributed by atoms with Gasteiger partial charge in [0, 0.05) is 49.6 Å². The Hall–Kier alpha value is -3.63. The van der Waals surface area contributed by atoms with Crippen LogP contribution in [0.3, 0.4) is 0 Å². The lowest BCUT2D eigenvalue weighted by Gasteiger charge is -2.25. The minimum absolute atomic E-state index is 0.0252. The van der Waals surface area contributed by atoms with Gasteiger partial charge in [-0.15, -0.1) is 0 Å². The molecule has 2 aromatic heterocycles. The summed E-state index contributed by atoms with van der Waals surface area (Å²) < 4.78 is 53.5. The van der Waals surface area contributed by atoms with Crippen molar-refractivity contribution in [1.29, 1.82) is 5.26 Å². The molecule has 1 aromatic carbocycles. The summed E-state index contributed by atoms with van der Waals surface area (Å²) in [6.07, 6.45) is -1.62. The van der Waals surface area contributed by atoms with Gasteiger partial charge in [-0.1, -0.05) is 31.8 Å². The number of alkyl halides is 3. The molecule has 232 valence electrons. The molecule has 3 aromatic rings. The first kappa shape index (κ1) is 32.3. The molecule has 4 rings (SSSR count). The van der Waals surface area contributed by atoms with Gasteiger partial charge in [-0.25, -0.2) is 14.8 Å². The van der Waals surface area contributed by atoms with Crippen LogP contribution in [0.5, 0.6) is 0 Å². The zero-order valence-electron chi connectivity index (χ0n) is 25.4. The van der Waals surface area contributed by atoms with Gasteiger partial charge in [0.2, 0.25) is 5.95 Å². The van der Waals surface area contributed by atoms with Gasteiger partial charge < -0.3 is 25.1 Å². The third-order valence-corrected chi connectivity index (χ3v) is 8.85. The number of aromatic nitrogens is 3. The zero-order valence-corrected chi connectivity index (χ0v) is 26.4. The van der Waals surface area contributed by atoms with E-state index in [0.29, 0.717) is 35.9 Å². The number of ether oxygens (including phenoxy) is 2. The molecule has 0 aliphatic heterocycles. The van der Waals surface area contributed by atoms with Crippen LogP contribution in [0.4, 0.5) is 23.9 Å². The standard InChI is InChI=1S/C30H39F3N6O3Si/c1-29(2,3)42-28(40)38-23-9-7-8-22(23)37-27-36-17-21(30(31,32)33)26(39-27)20-16-35-24-14-18(10-11-19(20)24)25(15-34)41-12-13-43(4,5)6/h10-11,14,16-17,22-23,25,35H,7-9,12-13H2,1-6H3,(H,38,40)(H,36,37,39)/t22-,23?,25?/m0/s1. The Morgan fingerprint density at radius 3 is 2.58 bits per heavy atom.